The Bertz CT molecular complexity index is 820. The lowest BCUT2D eigenvalue weighted by atomic mass is 10.1. The number of benzene rings is 2. The average Bonchev–Trinajstić information content (AvgIpc) is 2.66. The topological polar surface area (TPSA) is 70.2 Å². The summed E-state index contributed by atoms with van der Waals surface area (Å²) in [5.74, 6) is -0.199. The Hall–Kier alpha value is -3.03. The van der Waals surface area contributed by atoms with Gasteiger partial charge in [0.2, 0.25) is 0 Å². The second kappa shape index (κ2) is 9.25. The second-order valence-corrected chi connectivity index (χ2v) is 6.37. The van der Waals surface area contributed by atoms with Crippen LogP contribution in [0.1, 0.15) is 41.8 Å². The van der Waals surface area contributed by atoms with Crippen molar-refractivity contribution in [1.82, 2.24) is 10.6 Å². The van der Waals surface area contributed by atoms with Gasteiger partial charge in [-0.2, -0.15) is 13.2 Å². The number of hydrogen-bond acceptors (Lipinski definition) is 2. The number of alkyl halides is 3. The summed E-state index contributed by atoms with van der Waals surface area (Å²) in [7, 11) is 0. The van der Waals surface area contributed by atoms with E-state index in [-0.39, 0.29) is 18.5 Å². The van der Waals surface area contributed by atoms with Gasteiger partial charge in [0.15, 0.2) is 0 Å². The molecule has 0 bridgehead atoms. The van der Waals surface area contributed by atoms with Crippen molar-refractivity contribution in [2.24, 2.45) is 0 Å². The normalized spacial score (nSPS) is 12.2. The molecule has 2 rings (SSSR count). The predicted molar refractivity (Wildman–Crippen MR) is 101 cm³/mol. The summed E-state index contributed by atoms with van der Waals surface area (Å²) in [4.78, 5) is 24.0. The van der Waals surface area contributed by atoms with Crippen molar-refractivity contribution < 1.29 is 22.8 Å². The lowest BCUT2D eigenvalue weighted by Crippen LogP contribution is -2.32. The lowest BCUT2D eigenvalue weighted by molar-refractivity contribution is -0.137. The summed E-state index contributed by atoms with van der Waals surface area (Å²) in [6.45, 7) is 3.82. The highest BCUT2D eigenvalue weighted by atomic mass is 19.4. The zero-order chi connectivity index (χ0) is 20.7. The third kappa shape index (κ3) is 6.29. The van der Waals surface area contributed by atoms with Crippen LogP contribution in [0.25, 0.3) is 0 Å². The van der Waals surface area contributed by atoms with E-state index in [9.17, 15) is 22.8 Å². The summed E-state index contributed by atoms with van der Waals surface area (Å²) < 4.78 is 38.1. The molecular weight excluding hydrogens is 371 g/mol. The van der Waals surface area contributed by atoms with Gasteiger partial charge in [0.25, 0.3) is 5.91 Å². The van der Waals surface area contributed by atoms with Crippen molar-refractivity contribution in [2.75, 3.05) is 5.32 Å². The number of carbonyl (C=O) groups is 2. The molecule has 0 radical (unpaired) electrons. The Balaban J connectivity index is 1.89. The van der Waals surface area contributed by atoms with Crippen LogP contribution in [0, 0.1) is 0 Å². The van der Waals surface area contributed by atoms with Crippen molar-refractivity contribution in [1.29, 1.82) is 0 Å². The van der Waals surface area contributed by atoms with Gasteiger partial charge >= 0.3 is 12.2 Å². The molecule has 0 aromatic heterocycles. The smallest absolute Gasteiger partial charge is 0.350 e. The third-order valence-electron chi connectivity index (χ3n) is 4.10. The summed E-state index contributed by atoms with van der Waals surface area (Å²) in [6.07, 6.45) is -3.61. The zero-order valence-corrected chi connectivity index (χ0v) is 15.6. The number of hydrogen-bond donors (Lipinski definition) is 3. The molecule has 1 atom stereocenters. The highest BCUT2D eigenvalue weighted by molar-refractivity contribution is 5.95. The molecule has 0 aliphatic rings. The van der Waals surface area contributed by atoms with Crippen LogP contribution in [-0.2, 0) is 12.7 Å². The van der Waals surface area contributed by atoms with Gasteiger partial charge in [-0.05, 0) is 55.3 Å². The monoisotopic (exact) mass is 393 g/mol. The lowest BCUT2D eigenvalue weighted by Gasteiger charge is -2.12. The van der Waals surface area contributed by atoms with E-state index in [2.05, 4.69) is 16.0 Å². The van der Waals surface area contributed by atoms with Crippen LogP contribution in [0.3, 0.4) is 0 Å². The SMILES string of the molecule is CCC(C)NC(=O)c1ccc(NC(=O)NCc2cccc(C(F)(F)F)c2)cc1. The first kappa shape index (κ1) is 21.3. The fraction of sp³-hybridized carbons (Fsp3) is 0.300. The highest BCUT2D eigenvalue weighted by Gasteiger charge is 2.30. The van der Waals surface area contributed by atoms with Gasteiger partial charge in [0.1, 0.15) is 0 Å². The number of anilines is 1. The van der Waals surface area contributed by atoms with E-state index in [4.69, 9.17) is 0 Å². The standard InChI is InChI=1S/C20H22F3N3O2/c1-3-13(2)25-18(27)15-7-9-17(10-8-15)26-19(28)24-12-14-5-4-6-16(11-14)20(21,22)23/h4-11,13H,3,12H2,1-2H3,(H,25,27)(H2,24,26,28). The van der Waals surface area contributed by atoms with Crippen LogP contribution < -0.4 is 16.0 Å². The van der Waals surface area contributed by atoms with Gasteiger partial charge in [-0.25, -0.2) is 4.79 Å². The summed E-state index contributed by atoms with van der Waals surface area (Å²) in [5, 5.41) is 7.91. The van der Waals surface area contributed by atoms with E-state index < -0.39 is 17.8 Å². The van der Waals surface area contributed by atoms with Crippen molar-refractivity contribution in [2.45, 2.75) is 39.0 Å². The van der Waals surface area contributed by atoms with Gasteiger partial charge in [-0.1, -0.05) is 19.1 Å². The molecule has 0 saturated carbocycles. The second-order valence-electron chi connectivity index (χ2n) is 6.37. The molecule has 3 amide bonds. The van der Waals surface area contributed by atoms with Crippen LogP contribution in [0.2, 0.25) is 0 Å². The Kier molecular flexibility index (Phi) is 7.03. The molecule has 2 aromatic rings. The van der Waals surface area contributed by atoms with E-state index in [1.54, 1.807) is 24.3 Å². The molecule has 0 aliphatic carbocycles. The van der Waals surface area contributed by atoms with E-state index in [0.717, 1.165) is 18.6 Å². The summed E-state index contributed by atoms with van der Waals surface area (Å²) in [5.41, 5.74) is 0.498. The molecule has 28 heavy (non-hydrogen) atoms. The Morgan fingerprint density at radius 3 is 2.36 bits per heavy atom. The highest BCUT2D eigenvalue weighted by Crippen LogP contribution is 2.29. The van der Waals surface area contributed by atoms with Crippen molar-refractivity contribution in [3.63, 3.8) is 0 Å². The molecule has 3 N–H and O–H groups in total. The van der Waals surface area contributed by atoms with Gasteiger partial charge in [0.05, 0.1) is 5.56 Å². The third-order valence-corrected chi connectivity index (χ3v) is 4.10. The van der Waals surface area contributed by atoms with Gasteiger partial charge in [-0.15, -0.1) is 0 Å². The number of nitrogens with one attached hydrogen (secondary N) is 3. The molecule has 0 aliphatic heterocycles. The van der Waals surface area contributed by atoms with Crippen LogP contribution in [0.4, 0.5) is 23.7 Å². The number of urea groups is 1. The fourth-order valence-corrected chi connectivity index (χ4v) is 2.33. The molecule has 0 fully saturated rings. The minimum absolute atomic E-state index is 0.0504. The molecule has 5 nitrogen and oxygen atoms in total. The summed E-state index contributed by atoms with van der Waals surface area (Å²) >= 11 is 0. The van der Waals surface area contributed by atoms with Gasteiger partial charge in [-0.3, -0.25) is 4.79 Å². The van der Waals surface area contributed by atoms with Crippen LogP contribution >= 0.6 is 0 Å². The van der Waals surface area contributed by atoms with E-state index >= 15 is 0 Å². The Morgan fingerprint density at radius 1 is 1.07 bits per heavy atom. The molecule has 1 unspecified atom stereocenters. The molecule has 0 saturated heterocycles. The average molecular weight is 393 g/mol. The largest absolute Gasteiger partial charge is 0.416 e. The first-order valence-electron chi connectivity index (χ1n) is 8.81. The molecule has 2 aromatic carbocycles. The minimum Gasteiger partial charge on any atom is -0.350 e. The zero-order valence-electron chi connectivity index (χ0n) is 15.6. The molecule has 150 valence electrons. The van der Waals surface area contributed by atoms with E-state index in [0.29, 0.717) is 16.8 Å². The first-order chi connectivity index (χ1) is 13.2. The molecule has 0 spiro atoms. The van der Waals surface area contributed by atoms with Gasteiger partial charge < -0.3 is 16.0 Å². The van der Waals surface area contributed by atoms with Gasteiger partial charge in [0, 0.05) is 23.8 Å². The van der Waals surface area contributed by atoms with E-state index in [1.807, 2.05) is 13.8 Å². The summed E-state index contributed by atoms with van der Waals surface area (Å²) in [6, 6.07) is 10.6. The van der Waals surface area contributed by atoms with Crippen molar-refractivity contribution >= 4 is 17.6 Å². The fourth-order valence-electron chi connectivity index (χ4n) is 2.33. The number of amides is 3. The minimum atomic E-state index is -4.43. The maximum Gasteiger partial charge on any atom is 0.416 e. The molecule has 0 heterocycles. The maximum absolute atomic E-state index is 12.7. The quantitative estimate of drug-likeness (QED) is 0.674. The Labute approximate surface area is 161 Å². The Morgan fingerprint density at radius 2 is 1.75 bits per heavy atom. The number of rotatable bonds is 6. The number of carbonyl (C=O) groups excluding carboxylic acids is 2. The first-order valence-corrected chi connectivity index (χ1v) is 8.81. The molecular formula is C20H22F3N3O2. The van der Waals surface area contributed by atoms with Crippen LogP contribution in [0.15, 0.2) is 48.5 Å². The van der Waals surface area contributed by atoms with Crippen molar-refractivity contribution in [3.8, 4) is 0 Å². The maximum atomic E-state index is 12.7. The predicted octanol–water partition coefficient (Wildman–Crippen LogP) is 4.56. The van der Waals surface area contributed by atoms with E-state index in [1.165, 1.54) is 12.1 Å². The number of halogens is 3. The van der Waals surface area contributed by atoms with Crippen molar-refractivity contribution in [3.05, 3.63) is 65.2 Å². The van der Waals surface area contributed by atoms with Crippen LogP contribution in [0.5, 0.6) is 0 Å². The van der Waals surface area contributed by atoms with Crippen LogP contribution in [-0.4, -0.2) is 18.0 Å². The molecule has 8 heteroatoms.